The van der Waals surface area contributed by atoms with Gasteiger partial charge in [-0.05, 0) is 39.3 Å². The topological polar surface area (TPSA) is 114 Å². The van der Waals surface area contributed by atoms with Gasteiger partial charge in [0, 0.05) is 4.91 Å². The molecule has 3 aromatic rings. The van der Waals surface area contributed by atoms with Gasteiger partial charge in [0.25, 0.3) is 8.32 Å². The lowest BCUT2D eigenvalue weighted by molar-refractivity contribution is -0.226. The molecular weight excluding hydrogens is 530 g/mol. The van der Waals surface area contributed by atoms with Crippen LogP contribution in [0.5, 0.6) is 0 Å². The number of rotatable bonds is 8. The van der Waals surface area contributed by atoms with E-state index in [9.17, 15) is 15.4 Å². The number of carbonyl (C=O) groups is 1. The molecule has 3 aromatic carbocycles. The van der Waals surface area contributed by atoms with E-state index in [1.54, 1.807) is 36.6 Å². The summed E-state index contributed by atoms with van der Waals surface area (Å²) in [5, 5.41) is 17.2. The zero-order chi connectivity index (χ0) is 28.0. The van der Waals surface area contributed by atoms with Crippen LogP contribution in [0.2, 0.25) is 5.04 Å². The van der Waals surface area contributed by atoms with Gasteiger partial charge in [-0.25, -0.2) is 4.79 Å². The number of esters is 1. The van der Waals surface area contributed by atoms with Crippen LogP contribution in [0.25, 0.3) is 10.4 Å². The first-order valence-electron chi connectivity index (χ1n) is 12.7. The third-order valence-electron chi connectivity index (χ3n) is 6.88. The van der Waals surface area contributed by atoms with Crippen molar-refractivity contribution in [2.45, 2.75) is 55.8 Å². The normalized spacial score (nSPS) is 23.5. The van der Waals surface area contributed by atoms with Crippen LogP contribution < -0.4 is 10.4 Å². The maximum atomic E-state index is 13.0. The summed E-state index contributed by atoms with van der Waals surface area (Å²) < 4.78 is 19.1. The highest BCUT2D eigenvalue weighted by Gasteiger charge is 2.56. The zero-order valence-corrected chi connectivity index (χ0v) is 24.2. The third kappa shape index (κ3) is 5.91. The second-order valence-corrected chi connectivity index (χ2v) is 15.5. The summed E-state index contributed by atoms with van der Waals surface area (Å²) in [7, 11) is -3.13. The Balaban J connectivity index is 1.79. The highest BCUT2D eigenvalue weighted by molar-refractivity contribution is 7.99. The molecule has 0 aliphatic carbocycles. The smallest absolute Gasteiger partial charge is 0.338 e. The van der Waals surface area contributed by atoms with Crippen LogP contribution in [0, 0.1) is 0 Å². The minimum Gasteiger partial charge on any atom is -0.455 e. The van der Waals surface area contributed by atoms with Gasteiger partial charge in [-0.1, -0.05) is 105 Å². The first-order chi connectivity index (χ1) is 18.7. The van der Waals surface area contributed by atoms with Crippen LogP contribution in [0.15, 0.2) is 96.1 Å². The molecule has 1 heterocycles. The molecule has 0 saturated carbocycles. The van der Waals surface area contributed by atoms with Crippen molar-refractivity contribution in [2.24, 2.45) is 5.11 Å². The number of aliphatic hydroxyl groups is 1. The highest BCUT2D eigenvalue weighted by Crippen LogP contribution is 2.40. The Bertz CT molecular complexity index is 1250. The summed E-state index contributed by atoms with van der Waals surface area (Å²) in [4.78, 5) is 16.0. The van der Waals surface area contributed by atoms with Crippen molar-refractivity contribution in [1.82, 2.24) is 0 Å². The fourth-order valence-electron chi connectivity index (χ4n) is 5.05. The Kier molecular flexibility index (Phi) is 9.17. The van der Waals surface area contributed by atoms with Crippen molar-refractivity contribution in [3.05, 3.63) is 107 Å². The van der Waals surface area contributed by atoms with E-state index in [1.807, 2.05) is 60.7 Å². The van der Waals surface area contributed by atoms with E-state index in [4.69, 9.17) is 13.9 Å². The maximum absolute atomic E-state index is 13.0. The van der Waals surface area contributed by atoms with Crippen molar-refractivity contribution in [3.8, 4) is 0 Å². The van der Waals surface area contributed by atoms with Crippen molar-refractivity contribution in [2.75, 3.05) is 6.26 Å². The lowest BCUT2D eigenvalue weighted by Crippen LogP contribution is -2.70. The number of ether oxygens (including phenoxy) is 2. The molecule has 1 N–H and O–H groups in total. The van der Waals surface area contributed by atoms with E-state index in [1.165, 1.54) is 11.8 Å². The summed E-state index contributed by atoms with van der Waals surface area (Å²) in [6.07, 6.45) is -1.97. The molecule has 1 fully saturated rings. The zero-order valence-electron chi connectivity index (χ0n) is 22.4. The molecule has 1 saturated heterocycles. The van der Waals surface area contributed by atoms with Crippen LogP contribution >= 0.6 is 11.8 Å². The van der Waals surface area contributed by atoms with Crippen LogP contribution in [0.3, 0.4) is 0 Å². The summed E-state index contributed by atoms with van der Waals surface area (Å²) in [6, 6.07) is 27.5. The van der Waals surface area contributed by atoms with Gasteiger partial charge in [0.1, 0.15) is 23.7 Å². The fraction of sp³-hybridized carbons (Fsp3) is 0.345. The highest BCUT2D eigenvalue weighted by atomic mass is 32.2. The SMILES string of the molecule is CS[C@@H]1OC(O[Si](c2ccccc2)(c2ccccc2)C(C)(C)C)[C@@H](O)[C@@H](OC(=O)c2ccccc2)[C@H]1N=[N+]=[N-]. The van der Waals surface area contributed by atoms with Gasteiger partial charge in [-0.3, -0.25) is 0 Å². The molecule has 0 spiro atoms. The molecule has 39 heavy (non-hydrogen) atoms. The number of azide groups is 1. The molecule has 5 atom stereocenters. The number of hydrogen-bond acceptors (Lipinski definition) is 7. The summed E-state index contributed by atoms with van der Waals surface area (Å²) in [5.41, 5.74) is 8.89. The average Bonchev–Trinajstić information content (AvgIpc) is 2.95. The van der Waals surface area contributed by atoms with Crippen molar-refractivity contribution >= 4 is 36.4 Å². The minimum atomic E-state index is -3.13. The number of thioether (sulfide) groups is 1. The van der Waals surface area contributed by atoms with E-state index in [0.29, 0.717) is 5.56 Å². The summed E-state index contributed by atoms with van der Waals surface area (Å²) >= 11 is 1.30. The van der Waals surface area contributed by atoms with Crippen molar-refractivity contribution < 1.29 is 23.8 Å². The molecule has 1 aliphatic rings. The Morgan fingerprint density at radius 3 is 1.95 bits per heavy atom. The van der Waals surface area contributed by atoms with Gasteiger partial charge in [0.15, 0.2) is 6.29 Å². The van der Waals surface area contributed by atoms with Gasteiger partial charge >= 0.3 is 5.97 Å². The average molecular weight is 564 g/mol. The third-order valence-corrected chi connectivity index (χ3v) is 12.7. The van der Waals surface area contributed by atoms with E-state index in [0.717, 1.165) is 10.4 Å². The minimum absolute atomic E-state index is 0.320. The first-order valence-corrected chi connectivity index (χ1v) is 15.9. The Labute approximate surface area is 234 Å². The molecule has 204 valence electrons. The van der Waals surface area contributed by atoms with Crippen LogP contribution in [-0.4, -0.2) is 55.6 Å². The summed E-state index contributed by atoms with van der Waals surface area (Å²) in [6.45, 7) is 6.36. The van der Waals surface area contributed by atoms with Crippen LogP contribution in [0.4, 0.5) is 0 Å². The second kappa shape index (κ2) is 12.4. The van der Waals surface area contributed by atoms with E-state index >= 15 is 0 Å². The quantitative estimate of drug-likeness (QED) is 0.137. The monoisotopic (exact) mass is 563 g/mol. The van der Waals surface area contributed by atoms with Gasteiger partial charge in [-0.15, -0.1) is 11.8 Å². The van der Waals surface area contributed by atoms with Gasteiger partial charge in [0.05, 0.1) is 5.56 Å². The van der Waals surface area contributed by atoms with E-state index in [-0.39, 0.29) is 5.04 Å². The Morgan fingerprint density at radius 2 is 1.49 bits per heavy atom. The Hall–Kier alpha value is -3.11. The first kappa shape index (κ1) is 28.9. The molecular formula is C29H33N3O5SSi. The fourth-order valence-corrected chi connectivity index (χ4v) is 10.3. The summed E-state index contributed by atoms with van der Waals surface area (Å²) in [5.74, 6) is -0.635. The lowest BCUT2D eigenvalue weighted by atomic mass is 10.0. The van der Waals surface area contributed by atoms with Gasteiger partial charge in [0.2, 0.25) is 0 Å². The molecule has 0 bridgehead atoms. The number of nitrogens with zero attached hydrogens (tertiary/aromatic N) is 3. The van der Waals surface area contributed by atoms with Crippen LogP contribution in [0.1, 0.15) is 31.1 Å². The maximum Gasteiger partial charge on any atom is 0.338 e. The standard InChI is InChI=1S/C29H33N3O5SSi/c1-29(2,3)39(21-16-10-6-11-17-21,22-18-12-7-13-19-22)37-27-24(33)25(23(31-32-30)28(36-27)38-4)35-26(34)20-14-8-5-9-15-20/h5-19,23-25,27-28,33H,1-4H3/t23-,24+,25+,27?,28+/m1/s1. The van der Waals surface area contributed by atoms with E-state index < -0.39 is 44.3 Å². The van der Waals surface area contributed by atoms with Crippen molar-refractivity contribution in [1.29, 1.82) is 0 Å². The predicted molar refractivity (Wildman–Crippen MR) is 155 cm³/mol. The lowest BCUT2D eigenvalue weighted by Gasteiger charge is -2.49. The largest absolute Gasteiger partial charge is 0.455 e. The number of hydrogen-bond donors (Lipinski definition) is 1. The molecule has 1 aliphatic heterocycles. The molecule has 0 radical (unpaired) electrons. The molecule has 0 amide bonds. The second-order valence-electron chi connectivity index (χ2n) is 10.3. The van der Waals surface area contributed by atoms with Gasteiger partial charge < -0.3 is 19.0 Å². The van der Waals surface area contributed by atoms with Crippen molar-refractivity contribution in [3.63, 3.8) is 0 Å². The van der Waals surface area contributed by atoms with Crippen LogP contribution in [-0.2, 0) is 13.9 Å². The Morgan fingerprint density at radius 1 is 0.974 bits per heavy atom. The molecule has 8 nitrogen and oxygen atoms in total. The molecule has 10 heteroatoms. The molecule has 0 aromatic heterocycles. The number of aliphatic hydroxyl groups excluding tert-OH is 1. The molecule has 1 unspecified atom stereocenters. The number of benzene rings is 3. The predicted octanol–water partition coefficient (Wildman–Crippen LogP) is 4.87. The molecule has 4 rings (SSSR count). The van der Waals surface area contributed by atoms with E-state index in [2.05, 4.69) is 30.8 Å². The number of carbonyl (C=O) groups excluding carboxylic acids is 1. The van der Waals surface area contributed by atoms with Gasteiger partial charge in [-0.2, -0.15) is 0 Å².